The van der Waals surface area contributed by atoms with E-state index in [2.05, 4.69) is 10.3 Å². The Balaban J connectivity index is 1.52. The number of nitrogens with one attached hydrogen (secondary N) is 1. The van der Waals surface area contributed by atoms with Crippen molar-refractivity contribution < 1.29 is 4.79 Å². The first kappa shape index (κ1) is 19.4. The number of carbonyl (C=O) groups excluding carboxylic acids is 1. The van der Waals surface area contributed by atoms with Crippen molar-refractivity contribution in [3.63, 3.8) is 0 Å². The monoisotopic (exact) mass is 430 g/mol. The quantitative estimate of drug-likeness (QED) is 0.502. The van der Waals surface area contributed by atoms with Gasteiger partial charge in [0.1, 0.15) is 0 Å². The highest BCUT2D eigenvalue weighted by Crippen LogP contribution is 2.42. The lowest BCUT2D eigenvalue weighted by Gasteiger charge is -2.27. The number of amides is 1. The van der Waals surface area contributed by atoms with Crippen molar-refractivity contribution in [2.75, 3.05) is 5.32 Å². The summed E-state index contributed by atoms with van der Waals surface area (Å²) < 4.78 is 0. The molecule has 1 amide bonds. The van der Waals surface area contributed by atoms with Crippen molar-refractivity contribution in [1.82, 2.24) is 4.98 Å². The van der Waals surface area contributed by atoms with Crippen LogP contribution in [-0.4, -0.2) is 10.9 Å². The molecule has 4 rings (SSSR count). The van der Waals surface area contributed by atoms with Crippen LogP contribution in [-0.2, 0) is 16.6 Å². The van der Waals surface area contributed by atoms with Gasteiger partial charge in [-0.2, -0.15) is 0 Å². The van der Waals surface area contributed by atoms with Crippen LogP contribution in [0.4, 0.5) is 5.13 Å². The molecule has 1 saturated carbocycles. The number of benzene rings is 2. The summed E-state index contributed by atoms with van der Waals surface area (Å²) in [6.07, 6.45) is 6.30. The van der Waals surface area contributed by atoms with Gasteiger partial charge in [0, 0.05) is 27.5 Å². The van der Waals surface area contributed by atoms with Crippen LogP contribution in [0.15, 0.2) is 54.7 Å². The van der Waals surface area contributed by atoms with Gasteiger partial charge in [0.05, 0.1) is 5.41 Å². The molecule has 2 aromatic carbocycles. The molecule has 1 aliphatic carbocycles. The fourth-order valence-electron chi connectivity index (χ4n) is 3.89. The number of halogens is 2. The van der Waals surface area contributed by atoms with E-state index >= 15 is 0 Å². The van der Waals surface area contributed by atoms with Crippen LogP contribution in [0.25, 0.3) is 0 Å². The van der Waals surface area contributed by atoms with Gasteiger partial charge < -0.3 is 5.32 Å². The summed E-state index contributed by atoms with van der Waals surface area (Å²) in [7, 11) is 0. The number of hydrogen-bond acceptors (Lipinski definition) is 3. The van der Waals surface area contributed by atoms with Gasteiger partial charge in [-0.25, -0.2) is 4.98 Å². The van der Waals surface area contributed by atoms with E-state index in [1.54, 1.807) is 0 Å². The highest BCUT2D eigenvalue weighted by Gasteiger charge is 2.42. The number of hydrogen-bond donors (Lipinski definition) is 1. The van der Waals surface area contributed by atoms with Crippen LogP contribution in [0.3, 0.4) is 0 Å². The van der Waals surface area contributed by atoms with Gasteiger partial charge in [0.15, 0.2) is 5.13 Å². The Kier molecular flexibility index (Phi) is 5.72. The molecule has 0 saturated heterocycles. The van der Waals surface area contributed by atoms with E-state index in [4.69, 9.17) is 23.2 Å². The number of rotatable bonds is 5. The molecular formula is C22H20Cl2N2OS. The average Bonchev–Trinajstić information content (AvgIpc) is 3.35. The van der Waals surface area contributed by atoms with Gasteiger partial charge in [-0.1, -0.05) is 66.4 Å². The summed E-state index contributed by atoms with van der Waals surface area (Å²) in [5.41, 5.74) is 1.58. The highest BCUT2D eigenvalue weighted by molar-refractivity contribution is 7.15. The summed E-state index contributed by atoms with van der Waals surface area (Å²) in [4.78, 5) is 18.7. The zero-order chi connectivity index (χ0) is 19.6. The van der Waals surface area contributed by atoms with E-state index in [1.807, 2.05) is 54.7 Å². The minimum Gasteiger partial charge on any atom is -0.301 e. The molecule has 144 valence electrons. The van der Waals surface area contributed by atoms with Crippen LogP contribution in [0.1, 0.15) is 41.7 Å². The normalized spacial score (nSPS) is 15.5. The number of nitrogens with zero attached hydrogens (tertiary/aromatic N) is 1. The molecule has 0 bridgehead atoms. The Bertz CT molecular complexity index is 978. The van der Waals surface area contributed by atoms with Crippen LogP contribution in [0.5, 0.6) is 0 Å². The molecule has 1 N–H and O–H groups in total. The van der Waals surface area contributed by atoms with Crippen molar-refractivity contribution >= 4 is 45.6 Å². The van der Waals surface area contributed by atoms with Gasteiger partial charge in [0.25, 0.3) is 0 Å². The molecule has 1 fully saturated rings. The molecule has 28 heavy (non-hydrogen) atoms. The Hall–Kier alpha value is -1.88. The smallest absolute Gasteiger partial charge is 0.236 e. The second-order valence-corrected chi connectivity index (χ2v) is 9.11. The largest absolute Gasteiger partial charge is 0.301 e. The summed E-state index contributed by atoms with van der Waals surface area (Å²) in [5, 5.41) is 5.12. The lowest BCUT2D eigenvalue weighted by atomic mass is 9.78. The van der Waals surface area contributed by atoms with Gasteiger partial charge in [-0.05, 0) is 42.2 Å². The van der Waals surface area contributed by atoms with Crippen molar-refractivity contribution in [2.24, 2.45) is 0 Å². The van der Waals surface area contributed by atoms with Gasteiger partial charge >= 0.3 is 0 Å². The molecule has 0 spiro atoms. The molecule has 0 atom stereocenters. The lowest BCUT2D eigenvalue weighted by Crippen LogP contribution is -2.37. The second kappa shape index (κ2) is 8.24. The SMILES string of the molecule is O=C(Nc1ncc(Cc2ccccc2Cl)s1)C1(c2ccc(Cl)cc2)CCCC1. The zero-order valence-electron chi connectivity index (χ0n) is 15.3. The summed E-state index contributed by atoms with van der Waals surface area (Å²) >= 11 is 13.8. The Morgan fingerprint density at radius 3 is 2.50 bits per heavy atom. The van der Waals surface area contributed by atoms with E-state index in [0.717, 1.165) is 46.7 Å². The van der Waals surface area contributed by atoms with Crippen LogP contribution in [0, 0.1) is 0 Å². The molecule has 1 aromatic heterocycles. The second-order valence-electron chi connectivity index (χ2n) is 7.15. The Labute approximate surface area is 178 Å². The van der Waals surface area contributed by atoms with Gasteiger partial charge in [-0.3, -0.25) is 4.79 Å². The van der Waals surface area contributed by atoms with Crippen LogP contribution in [0.2, 0.25) is 10.0 Å². The van der Waals surface area contributed by atoms with Gasteiger partial charge in [0.2, 0.25) is 5.91 Å². The Morgan fingerprint density at radius 2 is 1.79 bits per heavy atom. The Morgan fingerprint density at radius 1 is 1.07 bits per heavy atom. The predicted molar refractivity (Wildman–Crippen MR) is 117 cm³/mol. The maximum Gasteiger partial charge on any atom is 0.236 e. The number of aromatic nitrogens is 1. The fraction of sp³-hybridized carbons (Fsp3) is 0.273. The minimum absolute atomic E-state index is 0.0194. The zero-order valence-corrected chi connectivity index (χ0v) is 17.6. The lowest BCUT2D eigenvalue weighted by molar-refractivity contribution is -0.121. The summed E-state index contributed by atoms with van der Waals surface area (Å²) in [6.45, 7) is 0. The topological polar surface area (TPSA) is 42.0 Å². The molecule has 1 heterocycles. The standard InChI is InChI=1S/C22H20Cl2N2OS/c23-17-9-7-16(8-10-17)22(11-3-4-12-22)20(27)26-21-25-14-18(28-21)13-15-5-1-2-6-19(15)24/h1-2,5-10,14H,3-4,11-13H2,(H,25,26,27). The average molecular weight is 431 g/mol. The maximum atomic E-state index is 13.2. The van der Waals surface area contributed by atoms with E-state index in [1.165, 1.54) is 11.3 Å². The first-order valence-corrected chi connectivity index (χ1v) is 10.9. The predicted octanol–water partition coefficient (Wildman–Crippen LogP) is 6.49. The summed E-state index contributed by atoms with van der Waals surface area (Å²) in [6, 6.07) is 15.4. The third kappa shape index (κ3) is 3.95. The molecule has 0 aliphatic heterocycles. The van der Waals surface area contributed by atoms with Crippen molar-refractivity contribution in [2.45, 2.75) is 37.5 Å². The van der Waals surface area contributed by atoms with Gasteiger partial charge in [-0.15, -0.1) is 11.3 Å². The molecule has 3 nitrogen and oxygen atoms in total. The molecule has 0 unspecified atom stereocenters. The first-order valence-electron chi connectivity index (χ1n) is 9.32. The van der Waals surface area contributed by atoms with Crippen molar-refractivity contribution in [3.05, 3.63) is 80.8 Å². The van der Waals surface area contributed by atoms with E-state index in [9.17, 15) is 4.79 Å². The van der Waals surface area contributed by atoms with E-state index in [-0.39, 0.29) is 5.91 Å². The van der Waals surface area contributed by atoms with E-state index < -0.39 is 5.41 Å². The maximum absolute atomic E-state index is 13.2. The molecule has 6 heteroatoms. The highest BCUT2D eigenvalue weighted by atomic mass is 35.5. The van der Waals surface area contributed by atoms with Crippen molar-refractivity contribution in [1.29, 1.82) is 0 Å². The first-order chi connectivity index (χ1) is 13.6. The number of anilines is 1. The summed E-state index contributed by atoms with van der Waals surface area (Å²) in [5.74, 6) is 0.0194. The molecular weight excluding hydrogens is 411 g/mol. The molecule has 1 aliphatic rings. The van der Waals surface area contributed by atoms with Crippen LogP contribution < -0.4 is 5.32 Å². The molecule has 0 radical (unpaired) electrons. The fourth-order valence-corrected chi connectivity index (χ4v) is 5.05. The third-order valence-corrected chi connectivity index (χ3v) is 6.92. The van der Waals surface area contributed by atoms with Crippen LogP contribution >= 0.6 is 34.5 Å². The number of carbonyl (C=O) groups is 1. The minimum atomic E-state index is -0.501. The molecule has 3 aromatic rings. The number of thiazole rings is 1. The van der Waals surface area contributed by atoms with E-state index in [0.29, 0.717) is 16.6 Å². The van der Waals surface area contributed by atoms with Crippen molar-refractivity contribution in [3.8, 4) is 0 Å². The third-order valence-electron chi connectivity index (χ3n) is 5.39.